The first kappa shape index (κ1) is 42.2. The molecule has 0 unspecified atom stereocenters. The van der Waals surface area contributed by atoms with Gasteiger partial charge in [0.1, 0.15) is 0 Å². The molecule has 0 bridgehead atoms. The van der Waals surface area contributed by atoms with Gasteiger partial charge in [0.15, 0.2) is 0 Å². The van der Waals surface area contributed by atoms with E-state index in [1.54, 1.807) is 0 Å². The Morgan fingerprint density at radius 2 is 1.02 bits per heavy atom. The number of benzene rings is 2. The van der Waals surface area contributed by atoms with Crippen molar-refractivity contribution in [1.29, 1.82) is 0 Å². The van der Waals surface area contributed by atoms with E-state index >= 15 is 0 Å². The summed E-state index contributed by atoms with van der Waals surface area (Å²) >= 11 is 0. The number of aryl methyl sites for hydroxylation is 2. The molecule has 0 atom stereocenters. The molecule has 3 rings (SSSR count). The standard InChI is InChI=1S/C33H46N2.2C4H9.Pd/c1-4-7-10-11-12-14-18-28-20-16-23-30(25-28)33-31(21-13-8-5-2)26-32(35(33)34)29-22-15-19-27(24-29)17-9-6-3;2*1-3-4-2;/h15-16,19-20,22-26H,4-14,17-18,21H2,1-3H3;2*1,3-4H2,2H3;/q;2*-1;+2. The molecule has 2 nitrogen and oxygen atoms in total. The summed E-state index contributed by atoms with van der Waals surface area (Å²) in [5.74, 6) is 0. The Labute approximate surface area is 287 Å². The van der Waals surface area contributed by atoms with E-state index in [0.29, 0.717) is 0 Å². The van der Waals surface area contributed by atoms with Crippen LogP contribution in [0.15, 0.2) is 60.2 Å². The molecule has 0 aliphatic carbocycles. The van der Waals surface area contributed by atoms with E-state index in [9.17, 15) is 5.53 Å². The van der Waals surface area contributed by atoms with Crippen LogP contribution >= 0.6 is 0 Å². The average Bonchev–Trinajstić information content (AvgIpc) is 3.37. The third-order valence-corrected chi connectivity index (χ3v) is 7.87. The van der Waals surface area contributed by atoms with Crippen LogP contribution in [0.3, 0.4) is 0 Å². The van der Waals surface area contributed by atoms with Crippen LogP contribution in [0.5, 0.6) is 0 Å². The summed E-state index contributed by atoms with van der Waals surface area (Å²) in [4.78, 5) is 0. The molecular weight excluding hydrogens is 627 g/mol. The van der Waals surface area contributed by atoms with Crippen molar-refractivity contribution in [3.8, 4) is 0 Å². The second kappa shape index (κ2) is 27.5. The van der Waals surface area contributed by atoms with Gasteiger partial charge in [-0.05, 0) is 73.9 Å². The van der Waals surface area contributed by atoms with Crippen LogP contribution in [0.25, 0.3) is 16.9 Å². The molecule has 0 aromatic heterocycles. The maximum atomic E-state index is 11.4. The molecule has 1 aliphatic rings. The first-order valence-electron chi connectivity index (χ1n) is 17.7. The SMILES string of the molecule is CCCCCCCCc1cccc(C2=C(CCCCC)C=C(c3cccc(CCCC)c3)[N+]2=[N-])c1.[CH2-]CCC.[CH2-]CCC.[Pd+2]. The fourth-order valence-corrected chi connectivity index (χ4v) is 5.07. The van der Waals surface area contributed by atoms with Gasteiger partial charge in [-0.1, -0.05) is 123 Å². The molecule has 0 fully saturated rings. The van der Waals surface area contributed by atoms with Crippen LogP contribution in [0.2, 0.25) is 0 Å². The summed E-state index contributed by atoms with van der Waals surface area (Å²) in [6, 6.07) is 17.6. The Hall–Kier alpha value is -1.82. The summed E-state index contributed by atoms with van der Waals surface area (Å²) in [6.07, 6.45) is 23.9. The number of allylic oxidation sites excluding steroid dienone is 2. The fourth-order valence-electron chi connectivity index (χ4n) is 5.07. The summed E-state index contributed by atoms with van der Waals surface area (Å²) in [5.41, 5.74) is 19.5. The Kier molecular flexibility index (Phi) is 26.4. The van der Waals surface area contributed by atoms with Gasteiger partial charge in [-0.3, -0.25) is 0 Å². The van der Waals surface area contributed by atoms with Crippen molar-refractivity contribution in [3.63, 3.8) is 0 Å². The van der Waals surface area contributed by atoms with Gasteiger partial charge < -0.3 is 19.4 Å². The number of unbranched alkanes of at least 4 members (excludes halogenated alkanes) is 10. The van der Waals surface area contributed by atoms with Gasteiger partial charge in [-0.2, -0.15) is 12.8 Å². The summed E-state index contributed by atoms with van der Waals surface area (Å²) < 4.78 is 1.46. The zero-order valence-corrected chi connectivity index (χ0v) is 30.6. The van der Waals surface area contributed by atoms with Crippen molar-refractivity contribution in [1.82, 2.24) is 0 Å². The number of hydrogen-bond acceptors (Lipinski definition) is 0. The number of rotatable bonds is 18. The molecule has 0 N–H and O–H groups in total. The molecule has 0 saturated carbocycles. The first-order chi connectivity index (χ1) is 21.0. The molecule has 0 amide bonds. The zero-order chi connectivity index (χ0) is 31.7. The maximum Gasteiger partial charge on any atom is 2.00 e. The second-order valence-electron chi connectivity index (χ2n) is 11.9. The van der Waals surface area contributed by atoms with Crippen molar-refractivity contribution in [2.45, 2.75) is 150 Å². The second-order valence-corrected chi connectivity index (χ2v) is 11.9. The Morgan fingerprint density at radius 1 is 0.568 bits per heavy atom. The van der Waals surface area contributed by atoms with Gasteiger partial charge in [-0.25, -0.2) is 4.70 Å². The van der Waals surface area contributed by atoms with Crippen LogP contribution < -0.4 is 0 Å². The predicted molar refractivity (Wildman–Crippen MR) is 192 cm³/mol. The molecule has 1 heterocycles. The monoisotopic (exact) mass is 690 g/mol. The van der Waals surface area contributed by atoms with Crippen molar-refractivity contribution < 1.29 is 25.1 Å². The van der Waals surface area contributed by atoms with E-state index in [4.69, 9.17) is 0 Å². The van der Waals surface area contributed by atoms with Crippen molar-refractivity contribution >= 4 is 11.4 Å². The van der Waals surface area contributed by atoms with E-state index in [2.05, 4.69) is 103 Å². The molecule has 1 aliphatic heterocycles. The van der Waals surface area contributed by atoms with E-state index in [1.807, 2.05) is 0 Å². The van der Waals surface area contributed by atoms with Crippen LogP contribution in [0.4, 0.5) is 0 Å². The minimum Gasteiger partial charge on any atom is -0.493 e. The minimum atomic E-state index is 0. The average molecular weight is 691 g/mol. The van der Waals surface area contributed by atoms with Crippen LogP contribution in [0, 0.1) is 13.8 Å². The molecule has 0 radical (unpaired) electrons. The van der Waals surface area contributed by atoms with E-state index in [1.165, 1.54) is 98.4 Å². The largest absolute Gasteiger partial charge is 2.00 e. The van der Waals surface area contributed by atoms with E-state index in [0.717, 1.165) is 61.0 Å². The predicted octanol–water partition coefficient (Wildman–Crippen LogP) is 13.6. The zero-order valence-electron chi connectivity index (χ0n) is 29.0. The number of nitrogens with zero attached hydrogens (tertiary/aromatic N) is 2. The Morgan fingerprint density at radius 3 is 1.59 bits per heavy atom. The van der Waals surface area contributed by atoms with Gasteiger partial charge in [-0.15, -0.1) is 0 Å². The molecule has 2 aromatic carbocycles. The van der Waals surface area contributed by atoms with E-state index in [-0.39, 0.29) is 20.4 Å². The third-order valence-electron chi connectivity index (χ3n) is 7.87. The molecule has 248 valence electrons. The molecule has 3 heteroatoms. The molecule has 0 saturated heterocycles. The van der Waals surface area contributed by atoms with Crippen molar-refractivity contribution in [3.05, 3.63) is 102 Å². The quantitative estimate of drug-likeness (QED) is 0.0644. The Balaban J connectivity index is 0.00000183. The molecule has 44 heavy (non-hydrogen) atoms. The Bertz CT molecular complexity index is 1070. The minimum absolute atomic E-state index is 0. The van der Waals surface area contributed by atoms with Crippen LogP contribution in [-0.2, 0) is 33.3 Å². The van der Waals surface area contributed by atoms with Gasteiger partial charge in [0.2, 0.25) is 11.4 Å². The first-order valence-corrected chi connectivity index (χ1v) is 17.7. The van der Waals surface area contributed by atoms with Crippen LogP contribution in [0.1, 0.15) is 160 Å². The summed E-state index contributed by atoms with van der Waals surface area (Å²) in [7, 11) is 0. The maximum absolute atomic E-state index is 11.4. The van der Waals surface area contributed by atoms with Crippen molar-refractivity contribution in [2.75, 3.05) is 0 Å². The third kappa shape index (κ3) is 16.5. The molecule has 2 aromatic rings. The molecular formula is C41H64N2Pd. The van der Waals surface area contributed by atoms with Gasteiger partial charge in [0.25, 0.3) is 0 Å². The number of hydrogen-bond donors (Lipinski definition) is 0. The van der Waals surface area contributed by atoms with Crippen LogP contribution in [-0.4, -0.2) is 4.70 Å². The summed E-state index contributed by atoms with van der Waals surface area (Å²) in [5, 5.41) is 0. The van der Waals surface area contributed by atoms with E-state index < -0.39 is 0 Å². The normalized spacial score (nSPS) is 12.2. The van der Waals surface area contributed by atoms with Gasteiger partial charge in [0.05, 0.1) is 0 Å². The van der Waals surface area contributed by atoms with Gasteiger partial charge in [0, 0.05) is 22.8 Å². The summed E-state index contributed by atoms with van der Waals surface area (Å²) in [6.45, 7) is 18.2. The fraction of sp³-hybridized carbons (Fsp3) is 0.561. The molecule has 0 spiro atoms. The van der Waals surface area contributed by atoms with Crippen molar-refractivity contribution in [2.24, 2.45) is 0 Å². The smallest absolute Gasteiger partial charge is 0.493 e. The van der Waals surface area contributed by atoms with Gasteiger partial charge >= 0.3 is 20.4 Å². The topological polar surface area (TPSA) is 25.3 Å².